The van der Waals surface area contributed by atoms with Gasteiger partial charge in [0.15, 0.2) is 0 Å². The van der Waals surface area contributed by atoms with Crippen molar-refractivity contribution in [2.75, 3.05) is 14.2 Å². The lowest BCUT2D eigenvalue weighted by molar-refractivity contribution is 0.0753. The Hall–Kier alpha value is -1.22. The van der Waals surface area contributed by atoms with Crippen molar-refractivity contribution >= 4 is 0 Å². The van der Waals surface area contributed by atoms with Gasteiger partial charge in [-0.25, -0.2) is 0 Å². The summed E-state index contributed by atoms with van der Waals surface area (Å²) in [5.74, 6) is 1.38. The largest absolute Gasteiger partial charge is 0.497 e. The van der Waals surface area contributed by atoms with Gasteiger partial charge in [0, 0.05) is 5.56 Å². The van der Waals surface area contributed by atoms with Gasteiger partial charge in [-0.1, -0.05) is 0 Å². The third kappa shape index (κ3) is 2.17. The van der Waals surface area contributed by atoms with Crippen LogP contribution in [-0.2, 0) is 5.60 Å². The molecule has 3 heteroatoms. The first kappa shape index (κ1) is 10.9. The lowest BCUT2D eigenvalue weighted by atomic mass is 9.97. The van der Waals surface area contributed by atoms with Crippen LogP contribution in [0.15, 0.2) is 18.2 Å². The molecule has 0 saturated carbocycles. The molecule has 0 atom stereocenters. The Kier molecular flexibility index (Phi) is 3.01. The van der Waals surface area contributed by atoms with Crippen molar-refractivity contribution in [2.24, 2.45) is 0 Å². The lowest BCUT2D eigenvalue weighted by Crippen LogP contribution is -2.16. The molecule has 0 spiro atoms. The minimum atomic E-state index is -0.931. The molecule has 0 aliphatic heterocycles. The standard InChI is InChI=1S/C11H16O3/c1-11(2,12)9-7-8(13-3)5-6-10(9)14-4/h5-7,12H,1-4H3. The smallest absolute Gasteiger partial charge is 0.125 e. The van der Waals surface area contributed by atoms with E-state index in [-0.39, 0.29) is 0 Å². The van der Waals surface area contributed by atoms with Gasteiger partial charge in [-0.3, -0.25) is 0 Å². The van der Waals surface area contributed by atoms with Crippen LogP contribution in [0.3, 0.4) is 0 Å². The van der Waals surface area contributed by atoms with Gasteiger partial charge >= 0.3 is 0 Å². The minimum absolute atomic E-state index is 0.665. The second-order valence-electron chi connectivity index (χ2n) is 3.63. The van der Waals surface area contributed by atoms with Crippen LogP contribution >= 0.6 is 0 Å². The zero-order chi connectivity index (χ0) is 10.8. The van der Waals surface area contributed by atoms with Crippen LogP contribution in [0, 0.1) is 0 Å². The van der Waals surface area contributed by atoms with E-state index >= 15 is 0 Å². The predicted octanol–water partition coefficient (Wildman–Crippen LogP) is 1.93. The Morgan fingerprint density at radius 3 is 2.21 bits per heavy atom. The van der Waals surface area contributed by atoms with Crippen LogP contribution < -0.4 is 9.47 Å². The summed E-state index contributed by atoms with van der Waals surface area (Å²) in [4.78, 5) is 0. The summed E-state index contributed by atoms with van der Waals surface area (Å²) >= 11 is 0. The average molecular weight is 196 g/mol. The summed E-state index contributed by atoms with van der Waals surface area (Å²) in [6.07, 6.45) is 0. The van der Waals surface area contributed by atoms with E-state index in [1.54, 1.807) is 46.3 Å². The molecule has 1 aromatic carbocycles. The van der Waals surface area contributed by atoms with E-state index in [2.05, 4.69) is 0 Å². The first-order valence-corrected chi connectivity index (χ1v) is 4.44. The number of benzene rings is 1. The summed E-state index contributed by atoms with van der Waals surface area (Å²) in [5.41, 5.74) is -0.209. The van der Waals surface area contributed by atoms with Gasteiger partial charge in [0.25, 0.3) is 0 Å². The lowest BCUT2D eigenvalue weighted by Gasteiger charge is -2.21. The van der Waals surface area contributed by atoms with Crippen molar-refractivity contribution < 1.29 is 14.6 Å². The molecule has 0 radical (unpaired) electrons. The van der Waals surface area contributed by atoms with Crippen LogP contribution in [0.5, 0.6) is 11.5 Å². The molecule has 0 amide bonds. The van der Waals surface area contributed by atoms with Gasteiger partial charge in [0.1, 0.15) is 11.5 Å². The second kappa shape index (κ2) is 3.88. The zero-order valence-corrected chi connectivity index (χ0v) is 9.00. The fourth-order valence-corrected chi connectivity index (χ4v) is 1.29. The van der Waals surface area contributed by atoms with Gasteiger partial charge < -0.3 is 14.6 Å². The van der Waals surface area contributed by atoms with Gasteiger partial charge in [0.2, 0.25) is 0 Å². The first-order chi connectivity index (χ1) is 6.49. The number of rotatable bonds is 3. The fourth-order valence-electron chi connectivity index (χ4n) is 1.29. The third-order valence-corrected chi connectivity index (χ3v) is 2.07. The highest BCUT2D eigenvalue weighted by atomic mass is 16.5. The molecule has 0 aromatic heterocycles. The molecule has 0 saturated heterocycles. The van der Waals surface area contributed by atoms with Crippen LogP contribution in [0.4, 0.5) is 0 Å². The van der Waals surface area contributed by atoms with Crippen LogP contribution in [0.2, 0.25) is 0 Å². The quantitative estimate of drug-likeness (QED) is 0.802. The Labute approximate surface area is 84.3 Å². The average Bonchev–Trinajstić information content (AvgIpc) is 2.15. The maximum atomic E-state index is 9.89. The molecule has 0 heterocycles. The van der Waals surface area contributed by atoms with Crippen molar-refractivity contribution in [1.29, 1.82) is 0 Å². The van der Waals surface area contributed by atoms with Crippen molar-refractivity contribution in [1.82, 2.24) is 0 Å². The number of ether oxygens (including phenoxy) is 2. The first-order valence-electron chi connectivity index (χ1n) is 4.44. The monoisotopic (exact) mass is 196 g/mol. The van der Waals surface area contributed by atoms with Gasteiger partial charge in [0.05, 0.1) is 19.8 Å². The Morgan fingerprint density at radius 1 is 1.14 bits per heavy atom. The topological polar surface area (TPSA) is 38.7 Å². The van der Waals surface area contributed by atoms with E-state index in [9.17, 15) is 5.11 Å². The van der Waals surface area contributed by atoms with Crippen LogP contribution in [0.1, 0.15) is 19.4 Å². The molecule has 1 N–H and O–H groups in total. The molecule has 1 rings (SSSR count). The Morgan fingerprint density at radius 2 is 1.79 bits per heavy atom. The molecule has 0 bridgehead atoms. The molecule has 14 heavy (non-hydrogen) atoms. The second-order valence-corrected chi connectivity index (χ2v) is 3.63. The number of hydrogen-bond acceptors (Lipinski definition) is 3. The molecule has 0 aliphatic carbocycles. The van der Waals surface area contributed by atoms with E-state index in [1.165, 1.54) is 0 Å². The van der Waals surface area contributed by atoms with Crippen LogP contribution in [0.25, 0.3) is 0 Å². The van der Waals surface area contributed by atoms with Gasteiger partial charge in [-0.15, -0.1) is 0 Å². The van der Waals surface area contributed by atoms with Crippen molar-refractivity contribution in [2.45, 2.75) is 19.4 Å². The number of hydrogen-bond donors (Lipinski definition) is 1. The van der Waals surface area contributed by atoms with E-state index in [4.69, 9.17) is 9.47 Å². The summed E-state index contributed by atoms with van der Waals surface area (Å²) in [6, 6.07) is 5.36. The Bertz CT molecular complexity index is 313. The van der Waals surface area contributed by atoms with E-state index in [0.29, 0.717) is 11.5 Å². The molecule has 3 nitrogen and oxygen atoms in total. The highest BCUT2D eigenvalue weighted by Gasteiger charge is 2.21. The SMILES string of the molecule is COc1ccc(OC)c(C(C)(C)O)c1. The molecular weight excluding hydrogens is 180 g/mol. The molecular formula is C11H16O3. The van der Waals surface area contributed by atoms with Crippen molar-refractivity contribution in [3.8, 4) is 11.5 Å². The molecule has 0 unspecified atom stereocenters. The molecule has 0 fully saturated rings. The summed E-state index contributed by atoms with van der Waals surface area (Å²) in [7, 11) is 3.17. The molecule has 78 valence electrons. The van der Waals surface area contributed by atoms with E-state index in [0.717, 1.165) is 5.56 Å². The molecule has 1 aromatic rings. The minimum Gasteiger partial charge on any atom is -0.497 e. The van der Waals surface area contributed by atoms with E-state index in [1.807, 2.05) is 0 Å². The molecule has 0 aliphatic rings. The van der Waals surface area contributed by atoms with Gasteiger partial charge in [-0.2, -0.15) is 0 Å². The highest BCUT2D eigenvalue weighted by molar-refractivity contribution is 5.43. The predicted molar refractivity (Wildman–Crippen MR) is 54.8 cm³/mol. The highest BCUT2D eigenvalue weighted by Crippen LogP contribution is 2.32. The van der Waals surface area contributed by atoms with Crippen molar-refractivity contribution in [3.63, 3.8) is 0 Å². The summed E-state index contributed by atoms with van der Waals surface area (Å²) < 4.78 is 10.2. The zero-order valence-electron chi connectivity index (χ0n) is 9.00. The van der Waals surface area contributed by atoms with E-state index < -0.39 is 5.60 Å². The van der Waals surface area contributed by atoms with Crippen LogP contribution in [-0.4, -0.2) is 19.3 Å². The third-order valence-electron chi connectivity index (χ3n) is 2.07. The summed E-state index contributed by atoms with van der Waals surface area (Å²) in [5, 5.41) is 9.89. The van der Waals surface area contributed by atoms with Gasteiger partial charge in [-0.05, 0) is 32.0 Å². The number of aliphatic hydroxyl groups is 1. The fraction of sp³-hybridized carbons (Fsp3) is 0.455. The maximum Gasteiger partial charge on any atom is 0.125 e. The van der Waals surface area contributed by atoms with Crippen molar-refractivity contribution in [3.05, 3.63) is 23.8 Å². The number of methoxy groups -OCH3 is 2. The summed E-state index contributed by atoms with van der Waals surface area (Å²) in [6.45, 7) is 3.43. The maximum absolute atomic E-state index is 9.89. The Balaban J connectivity index is 3.22. The normalized spacial score (nSPS) is 11.2.